The predicted octanol–water partition coefficient (Wildman–Crippen LogP) is 3.27. The van der Waals surface area contributed by atoms with Gasteiger partial charge >= 0.3 is 0 Å². The van der Waals surface area contributed by atoms with Crippen molar-refractivity contribution in [1.82, 2.24) is 15.5 Å². The lowest BCUT2D eigenvalue weighted by molar-refractivity contribution is 0.322. The molecule has 0 radical (unpaired) electrons. The van der Waals surface area contributed by atoms with Gasteiger partial charge in [0.1, 0.15) is 0 Å². The van der Waals surface area contributed by atoms with Crippen LogP contribution in [0.5, 0.6) is 0 Å². The first-order valence-electron chi connectivity index (χ1n) is 6.55. The predicted molar refractivity (Wildman–Crippen MR) is 77.0 cm³/mol. The molecule has 1 aliphatic rings. The Kier molecular flexibility index (Phi) is 3.66. The number of hydrogen-bond donors (Lipinski definition) is 1. The summed E-state index contributed by atoms with van der Waals surface area (Å²) < 4.78 is 6.48. The fourth-order valence-electron chi connectivity index (χ4n) is 2.31. The molecule has 1 aliphatic heterocycles. The van der Waals surface area contributed by atoms with E-state index in [0.29, 0.717) is 11.7 Å². The normalized spacial score (nSPS) is 19.6. The summed E-state index contributed by atoms with van der Waals surface area (Å²) in [6.45, 7) is 4.07. The van der Waals surface area contributed by atoms with E-state index in [1.54, 1.807) is 0 Å². The van der Waals surface area contributed by atoms with Crippen LogP contribution in [0.3, 0.4) is 0 Å². The highest BCUT2D eigenvalue weighted by Crippen LogP contribution is 2.27. The zero-order valence-electron chi connectivity index (χ0n) is 10.8. The van der Waals surface area contributed by atoms with E-state index in [1.165, 1.54) is 12.0 Å². The third-order valence-electron chi connectivity index (χ3n) is 3.52. The van der Waals surface area contributed by atoms with Gasteiger partial charge in [-0.1, -0.05) is 33.2 Å². The minimum absolute atomic E-state index is 0.351. The van der Waals surface area contributed by atoms with Crippen LogP contribution in [-0.2, 0) is 0 Å². The van der Waals surface area contributed by atoms with E-state index < -0.39 is 0 Å². The molecule has 0 saturated carbocycles. The Labute approximate surface area is 120 Å². The van der Waals surface area contributed by atoms with Gasteiger partial charge in [0.05, 0.1) is 5.92 Å². The highest BCUT2D eigenvalue weighted by molar-refractivity contribution is 9.10. The molecular formula is C14H16BrN3O. The van der Waals surface area contributed by atoms with Crippen molar-refractivity contribution < 1.29 is 4.52 Å². The molecule has 1 saturated heterocycles. The van der Waals surface area contributed by atoms with Crippen LogP contribution >= 0.6 is 15.9 Å². The zero-order chi connectivity index (χ0) is 13.2. The van der Waals surface area contributed by atoms with Crippen molar-refractivity contribution in [1.29, 1.82) is 0 Å². The van der Waals surface area contributed by atoms with Crippen LogP contribution in [0.15, 0.2) is 27.2 Å². The SMILES string of the molecule is Cc1ccc(-c2noc([C@H]3CCCNC3)n2)cc1Br. The summed E-state index contributed by atoms with van der Waals surface area (Å²) in [5.41, 5.74) is 2.18. The summed E-state index contributed by atoms with van der Waals surface area (Å²) in [4.78, 5) is 4.54. The van der Waals surface area contributed by atoms with Crippen molar-refractivity contribution in [2.24, 2.45) is 0 Å². The fourth-order valence-corrected chi connectivity index (χ4v) is 2.69. The van der Waals surface area contributed by atoms with Crippen LogP contribution in [0.1, 0.15) is 30.2 Å². The maximum Gasteiger partial charge on any atom is 0.231 e. The van der Waals surface area contributed by atoms with E-state index in [-0.39, 0.29) is 0 Å². The molecule has 3 rings (SSSR count). The summed E-state index contributed by atoms with van der Waals surface area (Å²) in [5.74, 6) is 1.77. The highest BCUT2D eigenvalue weighted by atomic mass is 79.9. The molecule has 0 aliphatic carbocycles. The minimum atomic E-state index is 0.351. The number of nitrogens with zero attached hydrogens (tertiary/aromatic N) is 2. The first-order valence-corrected chi connectivity index (χ1v) is 7.34. The maximum absolute atomic E-state index is 5.41. The molecule has 100 valence electrons. The fraction of sp³-hybridized carbons (Fsp3) is 0.429. The number of aryl methyl sites for hydroxylation is 1. The smallest absolute Gasteiger partial charge is 0.231 e. The van der Waals surface area contributed by atoms with E-state index in [4.69, 9.17) is 4.52 Å². The Morgan fingerprint density at radius 2 is 2.32 bits per heavy atom. The van der Waals surface area contributed by atoms with Crippen LogP contribution < -0.4 is 5.32 Å². The summed E-state index contributed by atoms with van der Waals surface area (Å²) in [5, 5.41) is 7.46. The number of piperidine rings is 1. The average molecular weight is 322 g/mol. The molecule has 19 heavy (non-hydrogen) atoms. The Morgan fingerprint density at radius 3 is 3.05 bits per heavy atom. The Morgan fingerprint density at radius 1 is 1.42 bits per heavy atom. The molecule has 0 bridgehead atoms. The molecule has 0 spiro atoms. The van der Waals surface area contributed by atoms with Crippen LogP contribution in [0.2, 0.25) is 0 Å². The molecular weight excluding hydrogens is 306 g/mol. The summed E-state index contributed by atoms with van der Waals surface area (Å²) in [6.07, 6.45) is 2.28. The van der Waals surface area contributed by atoms with E-state index >= 15 is 0 Å². The monoisotopic (exact) mass is 321 g/mol. The quantitative estimate of drug-likeness (QED) is 0.922. The molecule has 1 atom stereocenters. The lowest BCUT2D eigenvalue weighted by atomic mass is 10.00. The lowest BCUT2D eigenvalue weighted by Gasteiger charge is -2.18. The van der Waals surface area contributed by atoms with E-state index in [1.807, 2.05) is 12.1 Å². The van der Waals surface area contributed by atoms with Gasteiger partial charge in [0.2, 0.25) is 11.7 Å². The van der Waals surface area contributed by atoms with Gasteiger partial charge in [0.25, 0.3) is 0 Å². The van der Waals surface area contributed by atoms with Gasteiger partial charge in [0.15, 0.2) is 0 Å². The Balaban J connectivity index is 1.85. The van der Waals surface area contributed by atoms with Crippen LogP contribution in [0.4, 0.5) is 0 Å². The van der Waals surface area contributed by atoms with Gasteiger partial charge in [-0.25, -0.2) is 0 Å². The molecule has 0 amide bonds. The standard InChI is InChI=1S/C14H16BrN3O/c1-9-4-5-10(7-12(9)15)13-17-14(19-18-13)11-3-2-6-16-8-11/h4-5,7,11,16H,2-3,6,8H2,1H3/t11-/m0/s1. The van der Waals surface area contributed by atoms with Gasteiger partial charge in [-0.3, -0.25) is 0 Å². The molecule has 4 nitrogen and oxygen atoms in total. The molecule has 1 N–H and O–H groups in total. The van der Waals surface area contributed by atoms with Gasteiger partial charge in [-0.2, -0.15) is 4.98 Å². The first-order chi connectivity index (χ1) is 9.24. The van der Waals surface area contributed by atoms with Crippen molar-refractivity contribution in [3.8, 4) is 11.4 Å². The second-order valence-corrected chi connectivity index (χ2v) is 5.82. The molecule has 1 aromatic heterocycles. The molecule has 0 unspecified atom stereocenters. The van der Waals surface area contributed by atoms with Crippen molar-refractivity contribution in [2.75, 3.05) is 13.1 Å². The number of hydrogen-bond acceptors (Lipinski definition) is 4. The molecule has 2 heterocycles. The van der Waals surface area contributed by atoms with E-state index in [0.717, 1.165) is 35.4 Å². The summed E-state index contributed by atoms with van der Waals surface area (Å²) in [7, 11) is 0. The van der Waals surface area contributed by atoms with Crippen molar-refractivity contribution >= 4 is 15.9 Å². The van der Waals surface area contributed by atoms with Crippen LogP contribution in [-0.4, -0.2) is 23.2 Å². The topological polar surface area (TPSA) is 51.0 Å². The second-order valence-electron chi connectivity index (χ2n) is 4.96. The van der Waals surface area contributed by atoms with Gasteiger partial charge in [0, 0.05) is 16.6 Å². The Bertz CT molecular complexity index is 576. The largest absolute Gasteiger partial charge is 0.339 e. The lowest BCUT2D eigenvalue weighted by Crippen LogP contribution is -2.28. The number of halogens is 1. The zero-order valence-corrected chi connectivity index (χ0v) is 12.4. The van der Waals surface area contributed by atoms with Crippen molar-refractivity contribution in [3.63, 3.8) is 0 Å². The van der Waals surface area contributed by atoms with E-state index in [9.17, 15) is 0 Å². The minimum Gasteiger partial charge on any atom is -0.339 e. The third-order valence-corrected chi connectivity index (χ3v) is 4.37. The molecule has 5 heteroatoms. The molecule has 1 fully saturated rings. The first kappa shape index (κ1) is 12.8. The number of rotatable bonds is 2. The number of benzene rings is 1. The highest BCUT2D eigenvalue weighted by Gasteiger charge is 2.21. The van der Waals surface area contributed by atoms with Gasteiger partial charge in [-0.05, 0) is 37.9 Å². The second kappa shape index (κ2) is 5.43. The van der Waals surface area contributed by atoms with E-state index in [2.05, 4.69) is 44.4 Å². The number of aromatic nitrogens is 2. The van der Waals surface area contributed by atoms with Crippen molar-refractivity contribution in [3.05, 3.63) is 34.1 Å². The average Bonchev–Trinajstić information content (AvgIpc) is 2.93. The molecule has 1 aromatic carbocycles. The van der Waals surface area contributed by atoms with Crippen LogP contribution in [0.25, 0.3) is 11.4 Å². The Hall–Kier alpha value is -1.20. The summed E-state index contributed by atoms with van der Waals surface area (Å²) >= 11 is 3.53. The third kappa shape index (κ3) is 2.72. The number of nitrogens with one attached hydrogen (secondary N) is 1. The maximum atomic E-state index is 5.41. The van der Waals surface area contributed by atoms with Crippen molar-refractivity contribution in [2.45, 2.75) is 25.7 Å². The van der Waals surface area contributed by atoms with Gasteiger partial charge in [-0.15, -0.1) is 0 Å². The van der Waals surface area contributed by atoms with Crippen LogP contribution in [0, 0.1) is 6.92 Å². The molecule has 2 aromatic rings. The summed E-state index contributed by atoms with van der Waals surface area (Å²) in [6, 6.07) is 6.11. The van der Waals surface area contributed by atoms with Gasteiger partial charge < -0.3 is 9.84 Å².